The Morgan fingerprint density at radius 1 is 1.50 bits per heavy atom. The highest BCUT2D eigenvalue weighted by molar-refractivity contribution is 5.93. The van der Waals surface area contributed by atoms with Crippen LogP contribution in [0.15, 0.2) is 12.3 Å². The third-order valence-electron chi connectivity index (χ3n) is 1.23. The van der Waals surface area contributed by atoms with Gasteiger partial charge in [0.1, 0.15) is 5.69 Å². The van der Waals surface area contributed by atoms with E-state index in [-0.39, 0.29) is 11.8 Å². The van der Waals surface area contributed by atoms with Gasteiger partial charge in [-0.15, -0.1) is 0 Å². The highest BCUT2D eigenvalue weighted by Crippen LogP contribution is 1.99. The quantitative estimate of drug-likeness (QED) is 0.568. The first-order valence-electron chi connectivity index (χ1n) is 4.01. The molecule has 0 saturated heterocycles. The van der Waals surface area contributed by atoms with Crippen LogP contribution in [0.4, 0.5) is 4.79 Å². The van der Waals surface area contributed by atoms with Crippen LogP contribution >= 0.6 is 0 Å². The first-order valence-corrected chi connectivity index (χ1v) is 4.01. The van der Waals surface area contributed by atoms with E-state index in [4.69, 9.17) is 0 Å². The van der Waals surface area contributed by atoms with Crippen LogP contribution in [0.2, 0.25) is 0 Å². The van der Waals surface area contributed by atoms with Crippen molar-refractivity contribution in [1.29, 1.82) is 0 Å². The fourth-order valence-corrected chi connectivity index (χ4v) is 0.717. The molecule has 0 unspecified atom stereocenters. The Kier molecular flexibility index (Phi) is 3.22. The van der Waals surface area contributed by atoms with Gasteiger partial charge < -0.3 is 9.47 Å². The average molecular weight is 198 g/mol. The van der Waals surface area contributed by atoms with Crippen LogP contribution < -0.4 is 0 Å². The Bertz CT molecular complexity index is 318. The molecular formula is C8H10N2O4. The minimum atomic E-state index is -1.01. The number of nitrogens with one attached hydrogen (secondary N) is 1. The Hall–Kier alpha value is -1.85. The maximum Gasteiger partial charge on any atom is 0.516 e. The molecule has 0 fully saturated rings. The smallest absolute Gasteiger partial charge is 0.431 e. The van der Waals surface area contributed by atoms with Gasteiger partial charge in [-0.25, -0.2) is 9.59 Å². The van der Waals surface area contributed by atoms with Gasteiger partial charge in [0.2, 0.25) is 0 Å². The summed E-state index contributed by atoms with van der Waals surface area (Å²) in [4.78, 5) is 22.0. The summed E-state index contributed by atoms with van der Waals surface area (Å²) in [6.07, 6.45) is 0.0429. The molecule has 6 nitrogen and oxygen atoms in total. The van der Waals surface area contributed by atoms with Crippen LogP contribution in [0.25, 0.3) is 0 Å². The first kappa shape index (κ1) is 10.2. The van der Waals surface area contributed by atoms with E-state index in [2.05, 4.69) is 19.7 Å². The van der Waals surface area contributed by atoms with Gasteiger partial charge in [-0.2, -0.15) is 5.10 Å². The zero-order chi connectivity index (χ0) is 10.6. The molecule has 0 atom stereocenters. The molecule has 0 amide bonds. The lowest BCUT2D eigenvalue weighted by molar-refractivity contribution is 0.0279. The van der Waals surface area contributed by atoms with Crippen molar-refractivity contribution in [3.8, 4) is 0 Å². The van der Waals surface area contributed by atoms with Crippen LogP contribution in [0, 0.1) is 0 Å². The van der Waals surface area contributed by atoms with Crippen molar-refractivity contribution < 1.29 is 19.1 Å². The predicted octanol–water partition coefficient (Wildman–Crippen LogP) is 1.11. The third kappa shape index (κ3) is 2.89. The molecule has 0 aliphatic heterocycles. The average Bonchev–Trinajstić information content (AvgIpc) is 2.53. The molecule has 76 valence electrons. The highest BCUT2D eigenvalue weighted by Gasteiger charge is 2.15. The molecule has 0 aliphatic rings. The summed E-state index contributed by atoms with van der Waals surface area (Å²) in [5, 5.41) is 5.90. The molecule has 0 saturated carbocycles. The van der Waals surface area contributed by atoms with Crippen LogP contribution in [0.1, 0.15) is 24.3 Å². The molecule has 0 aromatic carbocycles. The maximum absolute atomic E-state index is 11.1. The van der Waals surface area contributed by atoms with E-state index in [1.54, 1.807) is 13.8 Å². The Labute approximate surface area is 80.2 Å². The first-order chi connectivity index (χ1) is 6.59. The van der Waals surface area contributed by atoms with E-state index >= 15 is 0 Å². The zero-order valence-electron chi connectivity index (χ0n) is 7.81. The zero-order valence-corrected chi connectivity index (χ0v) is 7.81. The van der Waals surface area contributed by atoms with Gasteiger partial charge in [-0.3, -0.25) is 5.10 Å². The van der Waals surface area contributed by atoms with Crippen molar-refractivity contribution in [2.75, 3.05) is 0 Å². The molecule has 0 bridgehead atoms. The second kappa shape index (κ2) is 4.40. The molecule has 0 radical (unpaired) electrons. The topological polar surface area (TPSA) is 81.3 Å². The molecule has 0 aliphatic carbocycles. The standard InChI is InChI=1S/C8H10N2O4/c1-5(2)13-8(12)14-7(11)6-3-4-9-10-6/h3-5H,1-2H3,(H,9,10). The SMILES string of the molecule is CC(C)OC(=O)OC(=O)c1ccn[nH]1. The van der Waals surface area contributed by atoms with Gasteiger partial charge in [-0.05, 0) is 19.9 Å². The number of carbonyl (C=O) groups is 2. The lowest BCUT2D eigenvalue weighted by Crippen LogP contribution is -2.17. The van der Waals surface area contributed by atoms with E-state index in [0.29, 0.717) is 0 Å². The molecule has 1 N–H and O–H groups in total. The van der Waals surface area contributed by atoms with Gasteiger partial charge in [0.25, 0.3) is 0 Å². The van der Waals surface area contributed by atoms with Gasteiger partial charge in [0.15, 0.2) is 0 Å². The Balaban J connectivity index is 2.46. The van der Waals surface area contributed by atoms with Crippen molar-refractivity contribution >= 4 is 12.1 Å². The van der Waals surface area contributed by atoms with E-state index < -0.39 is 12.1 Å². The molecule has 1 rings (SSSR count). The summed E-state index contributed by atoms with van der Waals surface area (Å²) < 4.78 is 8.94. The normalized spacial score (nSPS) is 9.93. The van der Waals surface area contributed by atoms with Crippen LogP contribution in [0.3, 0.4) is 0 Å². The molecule has 14 heavy (non-hydrogen) atoms. The Morgan fingerprint density at radius 3 is 2.71 bits per heavy atom. The monoisotopic (exact) mass is 198 g/mol. The number of esters is 1. The molecule has 1 aromatic heterocycles. The summed E-state index contributed by atoms with van der Waals surface area (Å²) >= 11 is 0. The van der Waals surface area contributed by atoms with E-state index in [1.807, 2.05) is 0 Å². The van der Waals surface area contributed by atoms with Gasteiger partial charge in [0.05, 0.1) is 6.10 Å². The molecule has 0 spiro atoms. The summed E-state index contributed by atoms with van der Waals surface area (Å²) in [5.41, 5.74) is 0.103. The van der Waals surface area contributed by atoms with E-state index in [9.17, 15) is 9.59 Å². The molecule has 1 aromatic rings. The summed E-state index contributed by atoms with van der Waals surface area (Å²) in [6.45, 7) is 3.31. The number of hydrogen-bond acceptors (Lipinski definition) is 5. The molecule has 6 heteroatoms. The molecular weight excluding hydrogens is 188 g/mol. The van der Waals surface area contributed by atoms with Gasteiger partial charge >= 0.3 is 12.1 Å². The number of H-pyrrole nitrogens is 1. The number of aromatic nitrogens is 2. The van der Waals surface area contributed by atoms with Crippen molar-refractivity contribution in [3.05, 3.63) is 18.0 Å². The highest BCUT2D eigenvalue weighted by atomic mass is 16.7. The van der Waals surface area contributed by atoms with Crippen LogP contribution in [-0.4, -0.2) is 28.4 Å². The van der Waals surface area contributed by atoms with Crippen molar-refractivity contribution in [2.24, 2.45) is 0 Å². The summed E-state index contributed by atoms with van der Waals surface area (Å²) in [7, 11) is 0. The minimum absolute atomic E-state index is 0.103. The fourth-order valence-electron chi connectivity index (χ4n) is 0.717. The second-order valence-electron chi connectivity index (χ2n) is 2.78. The number of carbonyl (C=O) groups excluding carboxylic acids is 2. The summed E-state index contributed by atoms with van der Waals surface area (Å²) in [5.74, 6) is -0.812. The van der Waals surface area contributed by atoms with Crippen molar-refractivity contribution in [2.45, 2.75) is 20.0 Å². The van der Waals surface area contributed by atoms with Crippen molar-refractivity contribution in [3.63, 3.8) is 0 Å². The van der Waals surface area contributed by atoms with Gasteiger partial charge in [-0.1, -0.05) is 0 Å². The van der Waals surface area contributed by atoms with Gasteiger partial charge in [0, 0.05) is 6.20 Å². The second-order valence-corrected chi connectivity index (χ2v) is 2.78. The lowest BCUT2D eigenvalue weighted by atomic mass is 10.4. The van der Waals surface area contributed by atoms with Crippen LogP contribution in [0.5, 0.6) is 0 Å². The largest absolute Gasteiger partial charge is 0.516 e. The van der Waals surface area contributed by atoms with Crippen LogP contribution in [-0.2, 0) is 9.47 Å². The molecule has 1 heterocycles. The predicted molar refractivity (Wildman–Crippen MR) is 45.6 cm³/mol. The number of aromatic amines is 1. The maximum atomic E-state index is 11.1. The number of nitrogens with zero attached hydrogens (tertiary/aromatic N) is 1. The van der Waals surface area contributed by atoms with E-state index in [0.717, 1.165) is 0 Å². The Morgan fingerprint density at radius 2 is 2.21 bits per heavy atom. The third-order valence-corrected chi connectivity index (χ3v) is 1.23. The fraction of sp³-hybridized carbons (Fsp3) is 0.375. The van der Waals surface area contributed by atoms with E-state index in [1.165, 1.54) is 12.3 Å². The summed E-state index contributed by atoms with van der Waals surface area (Å²) in [6, 6.07) is 1.39. The minimum Gasteiger partial charge on any atom is -0.431 e. The lowest BCUT2D eigenvalue weighted by Gasteiger charge is -2.05. The van der Waals surface area contributed by atoms with Crippen molar-refractivity contribution in [1.82, 2.24) is 10.2 Å². The number of rotatable bonds is 2. The number of ether oxygens (including phenoxy) is 2. The number of hydrogen-bond donors (Lipinski definition) is 1.